The third-order valence-electron chi connectivity index (χ3n) is 7.60. The number of rotatable bonds is 27. The van der Waals surface area contributed by atoms with Gasteiger partial charge in [-0.05, 0) is 87.2 Å². The molecular formula is C31H64N8O8. The fourth-order valence-corrected chi connectivity index (χ4v) is 5.25. The number of hydrogen-bond donors (Lipinski definition) is 5. The second kappa shape index (κ2) is 23.4. The van der Waals surface area contributed by atoms with Gasteiger partial charge in [0.15, 0.2) is 0 Å². The Kier molecular flexibility index (Phi) is 21.4. The molecule has 0 aromatic carbocycles. The van der Waals surface area contributed by atoms with Gasteiger partial charge in [0.05, 0.1) is 44.6 Å². The molecule has 1 heterocycles. The average Bonchev–Trinajstić information content (AvgIpc) is 2.97. The van der Waals surface area contributed by atoms with E-state index < -0.39 is 54.7 Å². The topological polar surface area (TPSA) is 181 Å². The normalized spacial score (nSPS) is 14.9. The molecule has 0 aliphatic rings. The minimum Gasteiger partial charge on any atom is -0.390 e. The number of aromatic nitrogens is 3. The molecule has 4 unspecified atom stereocenters. The minimum atomic E-state index is -1.24. The summed E-state index contributed by atoms with van der Waals surface area (Å²) in [5.74, 6) is 0. The maximum Gasteiger partial charge on any atom is 0.336 e. The Morgan fingerprint density at radius 2 is 1.15 bits per heavy atom. The van der Waals surface area contributed by atoms with Crippen LogP contribution in [-0.2, 0) is 24.4 Å². The Morgan fingerprint density at radius 1 is 0.660 bits per heavy atom. The summed E-state index contributed by atoms with van der Waals surface area (Å²) in [6.45, 7) is 7.00. The third-order valence-corrected chi connectivity index (χ3v) is 7.60. The van der Waals surface area contributed by atoms with Gasteiger partial charge in [-0.25, -0.2) is 28.1 Å². The van der Waals surface area contributed by atoms with Crippen molar-refractivity contribution in [1.82, 2.24) is 38.6 Å². The first-order valence-electron chi connectivity index (χ1n) is 16.9. The van der Waals surface area contributed by atoms with E-state index in [1.54, 1.807) is 6.92 Å². The van der Waals surface area contributed by atoms with E-state index >= 15 is 0 Å². The molecule has 0 fully saturated rings. The first-order chi connectivity index (χ1) is 22.2. The summed E-state index contributed by atoms with van der Waals surface area (Å²) < 4.78 is 7.88. The van der Waals surface area contributed by atoms with Crippen molar-refractivity contribution < 1.29 is 25.2 Å². The van der Waals surface area contributed by atoms with Crippen LogP contribution in [0.25, 0.3) is 0 Å². The highest BCUT2D eigenvalue weighted by atomic mass is 16.5. The summed E-state index contributed by atoms with van der Waals surface area (Å²) >= 11 is 0. The lowest BCUT2D eigenvalue weighted by Crippen LogP contribution is -2.58. The van der Waals surface area contributed by atoms with Crippen molar-refractivity contribution in [3.05, 3.63) is 31.5 Å². The highest BCUT2D eigenvalue weighted by Crippen LogP contribution is 2.02. The number of aliphatic hydroxyl groups excluding tert-OH is 4. The third kappa shape index (κ3) is 17.3. The van der Waals surface area contributed by atoms with Gasteiger partial charge >= 0.3 is 17.1 Å². The van der Waals surface area contributed by atoms with Crippen LogP contribution in [0.3, 0.4) is 0 Å². The van der Waals surface area contributed by atoms with Crippen LogP contribution in [0.4, 0.5) is 0 Å². The predicted molar refractivity (Wildman–Crippen MR) is 183 cm³/mol. The molecule has 0 saturated heterocycles. The van der Waals surface area contributed by atoms with Gasteiger partial charge in [0, 0.05) is 26.2 Å². The molecule has 1 aromatic heterocycles. The second-order valence-corrected chi connectivity index (χ2v) is 13.0. The lowest BCUT2D eigenvalue weighted by molar-refractivity contribution is 0.00462. The van der Waals surface area contributed by atoms with Crippen LogP contribution in [0, 0.1) is 0 Å². The van der Waals surface area contributed by atoms with E-state index in [-0.39, 0.29) is 32.8 Å². The first kappa shape index (κ1) is 43.0. The van der Waals surface area contributed by atoms with Crippen LogP contribution < -0.4 is 22.4 Å². The molecule has 0 aliphatic heterocycles. The highest BCUT2D eigenvalue weighted by molar-refractivity contribution is 4.83. The van der Waals surface area contributed by atoms with Crippen molar-refractivity contribution in [2.75, 3.05) is 101 Å². The Bertz CT molecular complexity index is 1160. The number of nitrogens with zero attached hydrogens (tertiary/aromatic N) is 7. The molecule has 0 spiro atoms. The minimum absolute atomic E-state index is 0.0465. The lowest BCUT2D eigenvalue weighted by Gasteiger charge is -2.28. The van der Waals surface area contributed by atoms with E-state index in [4.69, 9.17) is 4.74 Å². The van der Waals surface area contributed by atoms with Crippen molar-refractivity contribution >= 4 is 0 Å². The molecular weight excluding hydrogens is 612 g/mol. The summed E-state index contributed by atoms with van der Waals surface area (Å²) in [5, 5.41) is 45.7. The fourth-order valence-electron chi connectivity index (χ4n) is 5.25. The molecule has 16 nitrogen and oxygen atoms in total. The zero-order chi connectivity index (χ0) is 35.5. The Labute approximate surface area is 279 Å². The molecule has 0 amide bonds. The van der Waals surface area contributed by atoms with E-state index in [0.29, 0.717) is 26.2 Å². The van der Waals surface area contributed by atoms with Crippen LogP contribution in [0.5, 0.6) is 0 Å². The molecule has 47 heavy (non-hydrogen) atoms. The van der Waals surface area contributed by atoms with E-state index in [1.807, 2.05) is 49.9 Å². The molecule has 1 rings (SSSR count). The molecule has 0 radical (unpaired) electrons. The Hall–Kier alpha value is -1.99. The van der Waals surface area contributed by atoms with Gasteiger partial charge in [-0.15, -0.1) is 0 Å². The highest BCUT2D eigenvalue weighted by Gasteiger charge is 2.23. The number of hydrogen-bond acceptors (Lipinski definition) is 13. The Morgan fingerprint density at radius 3 is 1.66 bits per heavy atom. The van der Waals surface area contributed by atoms with E-state index in [2.05, 4.69) is 17.1 Å². The smallest absolute Gasteiger partial charge is 0.336 e. The van der Waals surface area contributed by atoms with Crippen molar-refractivity contribution in [3.63, 3.8) is 0 Å². The molecule has 0 saturated carbocycles. The second-order valence-electron chi connectivity index (χ2n) is 13.0. The van der Waals surface area contributed by atoms with E-state index in [1.165, 1.54) is 0 Å². The summed E-state index contributed by atoms with van der Waals surface area (Å²) in [6, 6.07) is 0. The summed E-state index contributed by atoms with van der Waals surface area (Å²) in [6.07, 6.45) is -0.851. The fraction of sp³-hybridized carbons (Fsp3) is 0.903. The van der Waals surface area contributed by atoms with Gasteiger partial charge in [-0.2, -0.15) is 0 Å². The van der Waals surface area contributed by atoms with Crippen LogP contribution in [0.15, 0.2) is 14.4 Å². The average molecular weight is 677 g/mol. The zero-order valence-corrected chi connectivity index (χ0v) is 29.9. The van der Waals surface area contributed by atoms with Crippen LogP contribution in [0.1, 0.15) is 39.5 Å². The maximum atomic E-state index is 13.6. The van der Waals surface area contributed by atoms with E-state index in [0.717, 1.165) is 52.5 Å². The monoisotopic (exact) mass is 676 g/mol. The standard InChI is InChI=1S/C31H64N8O8/c1-8-10-17-47-24-27(42)20-36(16-12-14-34(5)6)19-26(41)22-38-29(44)37(21-25(40)18-35(7)15-11-13-33(3)4)30(45)39(31(38)46)23-28(43)32-9-2/h25-28,32,40-43H,8-24H2,1-7H3. The van der Waals surface area contributed by atoms with Gasteiger partial charge in [0.25, 0.3) is 0 Å². The predicted octanol–water partition coefficient (Wildman–Crippen LogP) is -2.86. The zero-order valence-electron chi connectivity index (χ0n) is 29.9. The van der Waals surface area contributed by atoms with Crippen molar-refractivity contribution in [2.45, 2.75) is 83.7 Å². The molecule has 5 N–H and O–H groups in total. The maximum absolute atomic E-state index is 13.6. The summed E-state index contributed by atoms with van der Waals surface area (Å²) in [7, 11) is 9.69. The van der Waals surface area contributed by atoms with E-state index in [9.17, 15) is 34.8 Å². The lowest BCUT2D eigenvalue weighted by atomic mass is 10.2. The number of likely N-dealkylation sites (N-methyl/N-ethyl adjacent to an activating group) is 2. The van der Waals surface area contributed by atoms with Crippen LogP contribution in [-0.4, -0.2) is 179 Å². The molecule has 0 bridgehead atoms. The Balaban J connectivity index is 3.26. The van der Waals surface area contributed by atoms with Crippen LogP contribution in [0.2, 0.25) is 0 Å². The molecule has 1 aromatic rings. The van der Waals surface area contributed by atoms with Gasteiger partial charge in [0.1, 0.15) is 6.23 Å². The van der Waals surface area contributed by atoms with Gasteiger partial charge < -0.3 is 39.9 Å². The first-order valence-corrected chi connectivity index (χ1v) is 16.9. The number of ether oxygens (including phenoxy) is 1. The number of aliphatic hydroxyl groups is 4. The van der Waals surface area contributed by atoms with Crippen molar-refractivity contribution in [2.24, 2.45) is 0 Å². The molecule has 276 valence electrons. The summed E-state index contributed by atoms with van der Waals surface area (Å²) in [5.41, 5.74) is -2.87. The number of unbranched alkanes of at least 4 members (excludes halogenated alkanes) is 1. The molecule has 0 aliphatic carbocycles. The largest absolute Gasteiger partial charge is 0.390 e. The molecule has 16 heteroatoms. The van der Waals surface area contributed by atoms with Crippen molar-refractivity contribution in [1.29, 1.82) is 0 Å². The van der Waals surface area contributed by atoms with Gasteiger partial charge in [-0.3, -0.25) is 10.2 Å². The SMILES string of the molecule is CCCCOCC(O)CN(CCCN(C)C)CC(O)Cn1c(=O)n(CC(O)CN(C)CCCN(C)C)c(=O)n(CC(O)NCC)c1=O. The van der Waals surface area contributed by atoms with Crippen LogP contribution >= 0.6 is 0 Å². The molecule has 4 atom stereocenters. The quantitative estimate of drug-likeness (QED) is 0.0475. The van der Waals surface area contributed by atoms with Crippen molar-refractivity contribution in [3.8, 4) is 0 Å². The summed E-state index contributed by atoms with van der Waals surface area (Å²) in [4.78, 5) is 48.3. The van der Waals surface area contributed by atoms with Gasteiger partial charge in [-0.1, -0.05) is 20.3 Å². The number of nitrogens with one attached hydrogen (secondary N) is 1. The van der Waals surface area contributed by atoms with Gasteiger partial charge in [0.2, 0.25) is 0 Å².